The second-order valence-corrected chi connectivity index (χ2v) is 4.56. The Morgan fingerprint density at radius 2 is 2.37 bits per heavy atom. The molecule has 1 saturated heterocycles. The predicted octanol–water partition coefficient (Wildman–Crippen LogP) is 0.441. The van der Waals surface area contributed by atoms with Crippen molar-refractivity contribution in [1.82, 2.24) is 15.2 Å². The molecule has 1 atom stereocenters. The molecule has 1 fully saturated rings. The maximum absolute atomic E-state index is 12.0. The molecule has 0 spiro atoms. The van der Waals surface area contributed by atoms with E-state index in [1.807, 2.05) is 0 Å². The van der Waals surface area contributed by atoms with Gasteiger partial charge in [-0.25, -0.2) is 0 Å². The van der Waals surface area contributed by atoms with E-state index in [4.69, 9.17) is 4.74 Å². The van der Waals surface area contributed by atoms with Crippen molar-refractivity contribution < 1.29 is 14.3 Å². The first-order chi connectivity index (χ1) is 9.10. The van der Waals surface area contributed by atoms with Crippen LogP contribution in [-0.4, -0.2) is 48.4 Å². The number of aromatic nitrogens is 1. The molecule has 2 amide bonds. The molecule has 1 N–H and O–H groups in total. The van der Waals surface area contributed by atoms with Crippen molar-refractivity contribution in [3.8, 4) is 5.75 Å². The molecule has 0 bridgehead atoms. The van der Waals surface area contributed by atoms with Crippen molar-refractivity contribution in [3.63, 3.8) is 0 Å². The molecule has 0 aliphatic carbocycles. The fourth-order valence-electron chi connectivity index (χ4n) is 2.05. The molecule has 2 rings (SSSR count). The predicted molar refractivity (Wildman–Crippen MR) is 68.9 cm³/mol. The summed E-state index contributed by atoms with van der Waals surface area (Å²) < 4.78 is 5.05. The summed E-state index contributed by atoms with van der Waals surface area (Å²) in [4.78, 5) is 29.0. The Bertz CT molecular complexity index is 490. The van der Waals surface area contributed by atoms with Gasteiger partial charge in [0.15, 0.2) is 0 Å². The van der Waals surface area contributed by atoms with Crippen LogP contribution in [0.4, 0.5) is 0 Å². The minimum absolute atomic E-state index is 0.0248. The molecule has 0 aromatic carbocycles. The van der Waals surface area contributed by atoms with E-state index in [-0.39, 0.29) is 17.9 Å². The fraction of sp³-hybridized carbons (Fsp3) is 0.462. The zero-order valence-corrected chi connectivity index (χ0v) is 11.0. The quantitative estimate of drug-likeness (QED) is 0.859. The highest BCUT2D eigenvalue weighted by atomic mass is 16.5. The first-order valence-corrected chi connectivity index (χ1v) is 6.15. The van der Waals surface area contributed by atoms with Crippen LogP contribution in [0.3, 0.4) is 0 Å². The van der Waals surface area contributed by atoms with Crippen LogP contribution in [0.25, 0.3) is 0 Å². The molecule has 0 unspecified atom stereocenters. The van der Waals surface area contributed by atoms with Crippen LogP contribution < -0.4 is 10.1 Å². The summed E-state index contributed by atoms with van der Waals surface area (Å²) in [5, 5.41) is 2.89. The van der Waals surface area contributed by atoms with E-state index in [2.05, 4.69) is 10.3 Å². The van der Waals surface area contributed by atoms with Gasteiger partial charge >= 0.3 is 0 Å². The van der Waals surface area contributed by atoms with Crippen LogP contribution in [0.15, 0.2) is 18.3 Å². The van der Waals surface area contributed by atoms with Crippen molar-refractivity contribution in [3.05, 3.63) is 24.0 Å². The highest BCUT2D eigenvalue weighted by Crippen LogP contribution is 2.12. The number of likely N-dealkylation sites (N-methyl/N-ethyl adjacent to an activating group) is 1. The number of carbonyl (C=O) groups is 2. The zero-order chi connectivity index (χ0) is 13.8. The average Bonchev–Trinajstić information content (AvgIpc) is 2.43. The van der Waals surface area contributed by atoms with E-state index in [1.165, 1.54) is 6.20 Å². The maximum atomic E-state index is 12.0. The van der Waals surface area contributed by atoms with E-state index in [0.717, 1.165) is 0 Å². The Morgan fingerprint density at radius 3 is 3.05 bits per heavy atom. The van der Waals surface area contributed by atoms with Crippen LogP contribution >= 0.6 is 0 Å². The molecule has 0 saturated carbocycles. The largest absolute Gasteiger partial charge is 0.497 e. The summed E-state index contributed by atoms with van der Waals surface area (Å²) >= 11 is 0. The second-order valence-electron chi connectivity index (χ2n) is 4.56. The van der Waals surface area contributed by atoms with Gasteiger partial charge in [0.05, 0.1) is 7.11 Å². The van der Waals surface area contributed by atoms with E-state index in [1.54, 1.807) is 31.2 Å². The number of nitrogens with zero attached hydrogens (tertiary/aromatic N) is 2. The third kappa shape index (κ3) is 3.21. The van der Waals surface area contributed by atoms with Gasteiger partial charge in [-0.05, 0) is 12.5 Å². The lowest BCUT2D eigenvalue weighted by molar-refractivity contribution is -0.132. The monoisotopic (exact) mass is 263 g/mol. The summed E-state index contributed by atoms with van der Waals surface area (Å²) in [6, 6.07) is 3.25. The van der Waals surface area contributed by atoms with Gasteiger partial charge in [0, 0.05) is 38.3 Å². The van der Waals surface area contributed by atoms with Gasteiger partial charge in [-0.2, -0.15) is 0 Å². The van der Waals surface area contributed by atoms with Gasteiger partial charge in [0.1, 0.15) is 11.4 Å². The number of piperidine rings is 1. The molecule has 1 aliphatic rings. The molecule has 102 valence electrons. The Kier molecular flexibility index (Phi) is 3.99. The lowest BCUT2D eigenvalue weighted by Crippen LogP contribution is -2.48. The number of ether oxygens (including phenoxy) is 1. The number of likely N-dealkylation sites (tertiary alicyclic amines) is 1. The number of carbonyl (C=O) groups excluding carboxylic acids is 2. The standard InChI is InChI=1S/C13H17N3O3/c1-16-8-9(3-4-12(16)17)15-13(18)11-7-10(19-2)5-6-14-11/h5-7,9H,3-4,8H2,1-2H3,(H,15,18)/t9-/m0/s1. The summed E-state index contributed by atoms with van der Waals surface area (Å²) in [6.07, 6.45) is 2.66. The third-order valence-corrected chi connectivity index (χ3v) is 3.16. The summed E-state index contributed by atoms with van der Waals surface area (Å²) in [6.45, 7) is 0.536. The minimum Gasteiger partial charge on any atom is -0.497 e. The number of amides is 2. The molecule has 1 aromatic rings. The molecule has 1 aliphatic heterocycles. The highest BCUT2D eigenvalue weighted by molar-refractivity contribution is 5.93. The van der Waals surface area contributed by atoms with Gasteiger partial charge in [-0.1, -0.05) is 0 Å². The lowest BCUT2D eigenvalue weighted by atomic mass is 10.1. The number of pyridine rings is 1. The summed E-state index contributed by atoms with van der Waals surface area (Å²) in [7, 11) is 3.28. The Labute approximate surface area is 111 Å². The Balaban J connectivity index is 1.99. The van der Waals surface area contributed by atoms with Gasteiger partial charge in [0.2, 0.25) is 5.91 Å². The third-order valence-electron chi connectivity index (χ3n) is 3.16. The van der Waals surface area contributed by atoms with Gasteiger partial charge in [0.25, 0.3) is 5.91 Å². The zero-order valence-electron chi connectivity index (χ0n) is 11.0. The Hall–Kier alpha value is -2.11. The van der Waals surface area contributed by atoms with Crippen LogP contribution in [0, 0.1) is 0 Å². The van der Waals surface area contributed by atoms with Gasteiger partial charge in [-0.3, -0.25) is 14.6 Å². The smallest absolute Gasteiger partial charge is 0.270 e. The van der Waals surface area contributed by atoms with E-state index >= 15 is 0 Å². The summed E-state index contributed by atoms with van der Waals surface area (Å²) in [5.74, 6) is 0.466. The number of hydrogen-bond donors (Lipinski definition) is 1. The van der Waals surface area contributed by atoms with E-state index in [9.17, 15) is 9.59 Å². The maximum Gasteiger partial charge on any atom is 0.270 e. The van der Waals surface area contributed by atoms with E-state index < -0.39 is 0 Å². The molecule has 0 radical (unpaired) electrons. The van der Waals surface area contributed by atoms with E-state index in [0.29, 0.717) is 30.8 Å². The average molecular weight is 263 g/mol. The molecular weight excluding hydrogens is 246 g/mol. The molecule has 1 aromatic heterocycles. The SMILES string of the molecule is COc1ccnc(C(=O)N[C@H]2CCC(=O)N(C)C2)c1. The van der Waals surface area contributed by atoms with Crippen LogP contribution in [0.2, 0.25) is 0 Å². The lowest BCUT2D eigenvalue weighted by Gasteiger charge is -2.30. The molecule has 19 heavy (non-hydrogen) atoms. The molecule has 6 nitrogen and oxygen atoms in total. The van der Waals surface area contributed by atoms with Crippen molar-refractivity contribution >= 4 is 11.8 Å². The van der Waals surface area contributed by atoms with Crippen molar-refractivity contribution in [2.45, 2.75) is 18.9 Å². The first-order valence-electron chi connectivity index (χ1n) is 6.15. The number of methoxy groups -OCH3 is 1. The molecule has 6 heteroatoms. The normalized spacial score (nSPS) is 19.2. The van der Waals surface area contributed by atoms with Gasteiger partial charge in [-0.15, -0.1) is 0 Å². The topological polar surface area (TPSA) is 71.5 Å². The number of rotatable bonds is 3. The Morgan fingerprint density at radius 1 is 1.58 bits per heavy atom. The molecular formula is C13H17N3O3. The highest BCUT2D eigenvalue weighted by Gasteiger charge is 2.24. The minimum atomic E-state index is -0.244. The van der Waals surface area contributed by atoms with Crippen molar-refractivity contribution in [2.75, 3.05) is 20.7 Å². The second kappa shape index (κ2) is 5.69. The summed E-state index contributed by atoms with van der Waals surface area (Å²) in [5.41, 5.74) is 0.318. The fourth-order valence-corrected chi connectivity index (χ4v) is 2.05. The van der Waals surface area contributed by atoms with Crippen molar-refractivity contribution in [2.24, 2.45) is 0 Å². The number of nitrogens with one attached hydrogen (secondary N) is 1. The van der Waals surface area contributed by atoms with Crippen LogP contribution in [0.1, 0.15) is 23.3 Å². The van der Waals surface area contributed by atoms with Crippen LogP contribution in [-0.2, 0) is 4.79 Å². The number of hydrogen-bond acceptors (Lipinski definition) is 4. The van der Waals surface area contributed by atoms with Crippen molar-refractivity contribution in [1.29, 1.82) is 0 Å². The van der Waals surface area contributed by atoms with Crippen LogP contribution in [0.5, 0.6) is 5.75 Å². The molecule has 2 heterocycles. The first kappa shape index (κ1) is 13.3. The van der Waals surface area contributed by atoms with Gasteiger partial charge < -0.3 is 15.0 Å².